The topological polar surface area (TPSA) is 58.3 Å². The maximum absolute atomic E-state index is 10.3. The number of fused-ring (bicyclic) bond motifs is 3. The van der Waals surface area contributed by atoms with Crippen molar-refractivity contribution in [2.45, 2.75) is 5.69 Å². The van der Waals surface area contributed by atoms with Gasteiger partial charge in [-0.25, -0.2) is 4.98 Å². The summed E-state index contributed by atoms with van der Waals surface area (Å²) in [5.74, 6) is -0.0421. The fraction of sp³-hybridized carbons (Fsp3) is 0.0294. The molecule has 0 aliphatic heterocycles. The van der Waals surface area contributed by atoms with Crippen LogP contribution in [0.1, 0.15) is 5.82 Å². The van der Waals surface area contributed by atoms with E-state index in [0.717, 1.165) is 22.3 Å². The zero-order chi connectivity index (χ0) is 26.6. The minimum atomic E-state index is -2.59. The molecule has 0 aliphatic carbocycles. The zero-order valence-corrected chi connectivity index (χ0v) is 21.0. The van der Waals surface area contributed by atoms with E-state index in [1.165, 1.54) is 32.7 Å². The van der Waals surface area contributed by atoms with E-state index in [1.807, 2.05) is 42.5 Å². The van der Waals surface area contributed by atoms with Crippen LogP contribution in [0, 0.1) is 0 Å². The highest BCUT2D eigenvalue weighted by Crippen LogP contribution is 2.43. The van der Waals surface area contributed by atoms with E-state index >= 15 is 0 Å². The lowest BCUT2D eigenvalue weighted by atomic mass is 9.86. The number of benzene rings is 6. The van der Waals surface area contributed by atoms with E-state index in [4.69, 9.17) is 7.85 Å². The van der Waals surface area contributed by atoms with Gasteiger partial charge in [0.05, 0.1) is 11.0 Å². The molecular formula is C34H23BN2O2. The van der Waals surface area contributed by atoms with Gasteiger partial charge in [0.15, 0.2) is 19.4 Å². The van der Waals surface area contributed by atoms with Crippen LogP contribution in [0.3, 0.4) is 0 Å². The Morgan fingerprint density at radius 1 is 0.538 bits per heavy atom. The smallest absolute Gasteiger partial charge is 0.171 e. The van der Waals surface area contributed by atoms with Crippen molar-refractivity contribution in [3.05, 3.63) is 133 Å². The van der Waals surface area contributed by atoms with Gasteiger partial charge in [-0.15, -0.1) is 0 Å². The Kier molecular flexibility index (Phi) is 5.37. The van der Waals surface area contributed by atoms with Crippen LogP contribution in [0.15, 0.2) is 127 Å². The summed E-state index contributed by atoms with van der Waals surface area (Å²) in [6.07, 6.45) is 0. The summed E-state index contributed by atoms with van der Waals surface area (Å²) in [4.78, 5) is 4.40. The molecule has 0 unspecified atom stereocenters. The quantitative estimate of drug-likeness (QED) is 0.156. The molecule has 7 aromatic rings. The molecule has 0 saturated heterocycles. The first-order valence-electron chi connectivity index (χ1n) is 12.8. The lowest BCUT2D eigenvalue weighted by molar-refractivity contribution is -0.0985. The second-order valence-corrected chi connectivity index (χ2v) is 9.74. The predicted molar refractivity (Wildman–Crippen MR) is 159 cm³/mol. The Balaban J connectivity index is 1.47. The first kappa shape index (κ1) is 23.4. The summed E-state index contributed by atoms with van der Waals surface area (Å²) in [7, 11) is 5.69. The normalized spacial score (nSPS) is 11.9. The molecule has 1 aromatic heterocycles. The van der Waals surface area contributed by atoms with Crippen LogP contribution >= 0.6 is 0 Å². The third kappa shape index (κ3) is 3.83. The highest BCUT2D eigenvalue weighted by atomic mass is 16.5. The first-order chi connectivity index (χ1) is 19.0. The van der Waals surface area contributed by atoms with Crippen LogP contribution in [0.5, 0.6) is 0 Å². The molecule has 0 saturated carbocycles. The van der Waals surface area contributed by atoms with Crippen molar-refractivity contribution in [3.63, 3.8) is 0 Å². The van der Waals surface area contributed by atoms with Crippen molar-refractivity contribution in [3.8, 4) is 27.9 Å². The van der Waals surface area contributed by atoms with E-state index in [0.29, 0.717) is 5.52 Å². The highest BCUT2D eigenvalue weighted by molar-refractivity contribution is 6.21. The second-order valence-electron chi connectivity index (χ2n) is 9.74. The van der Waals surface area contributed by atoms with Gasteiger partial charge < -0.3 is 10.2 Å². The average Bonchev–Trinajstić information content (AvgIpc) is 3.37. The summed E-state index contributed by atoms with van der Waals surface area (Å²) in [5.41, 5.74) is 4.13. The van der Waals surface area contributed by atoms with Gasteiger partial charge in [-0.3, -0.25) is 4.57 Å². The standard InChI is InChI=1S/C34H23BN2O2/c35-34(38,39)33-36-29-16-8-9-17-30(29)37(33)24-20-18-23(19-21-24)32-27-14-6-4-12-25(27)31(22-10-2-1-3-11-22)26-13-5-7-15-28(26)32/h1-21,38-39H. The van der Waals surface area contributed by atoms with Gasteiger partial charge >= 0.3 is 0 Å². The third-order valence-electron chi connectivity index (χ3n) is 7.30. The minimum Gasteiger partial charge on any atom is -0.368 e. The van der Waals surface area contributed by atoms with Gasteiger partial charge in [0.25, 0.3) is 0 Å². The lowest BCUT2D eigenvalue weighted by Crippen LogP contribution is -2.29. The molecule has 0 fully saturated rings. The number of nitrogens with zero attached hydrogens (tertiary/aromatic N) is 2. The van der Waals surface area contributed by atoms with Crippen molar-refractivity contribution < 1.29 is 10.2 Å². The summed E-state index contributed by atoms with van der Waals surface area (Å²) >= 11 is 0. The highest BCUT2D eigenvalue weighted by Gasteiger charge is 2.27. The van der Waals surface area contributed by atoms with E-state index < -0.39 is 5.69 Å². The Morgan fingerprint density at radius 3 is 1.54 bits per heavy atom. The monoisotopic (exact) mass is 502 g/mol. The van der Waals surface area contributed by atoms with Crippen LogP contribution in [0.4, 0.5) is 0 Å². The molecule has 2 radical (unpaired) electrons. The molecule has 5 heteroatoms. The maximum atomic E-state index is 10.3. The Morgan fingerprint density at radius 2 is 1.00 bits per heavy atom. The van der Waals surface area contributed by atoms with Gasteiger partial charge in [0.2, 0.25) is 0 Å². The molecule has 39 heavy (non-hydrogen) atoms. The summed E-state index contributed by atoms with van der Waals surface area (Å²) in [5, 5.41) is 25.3. The van der Waals surface area contributed by atoms with Crippen LogP contribution in [0.25, 0.3) is 60.5 Å². The van der Waals surface area contributed by atoms with Crippen molar-refractivity contribution in [1.29, 1.82) is 0 Å². The zero-order valence-electron chi connectivity index (χ0n) is 21.0. The number of para-hydroxylation sites is 2. The van der Waals surface area contributed by atoms with E-state index in [2.05, 4.69) is 89.9 Å². The molecule has 0 amide bonds. The number of aliphatic hydroxyl groups is 2. The van der Waals surface area contributed by atoms with Gasteiger partial charge in [-0.05, 0) is 68.1 Å². The Bertz CT molecular complexity index is 1930. The van der Waals surface area contributed by atoms with Crippen LogP contribution in [-0.4, -0.2) is 27.6 Å². The summed E-state index contributed by atoms with van der Waals surface area (Å²) in [6.45, 7) is 0. The Labute approximate surface area is 226 Å². The number of rotatable bonds is 4. The van der Waals surface area contributed by atoms with Crippen molar-refractivity contribution in [2.75, 3.05) is 0 Å². The number of hydrogen-bond donors (Lipinski definition) is 2. The lowest BCUT2D eigenvalue weighted by Gasteiger charge is -2.20. The van der Waals surface area contributed by atoms with Crippen molar-refractivity contribution >= 4 is 40.4 Å². The second kappa shape index (κ2) is 8.95. The van der Waals surface area contributed by atoms with E-state index in [-0.39, 0.29) is 5.82 Å². The molecule has 0 aliphatic rings. The van der Waals surface area contributed by atoms with E-state index in [9.17, 15) is 10.2 Å². The van der Waals surface area contributed by atoms with Crippen molar-refractivity contribution in [1.82, 2.24) is 9.55 Å². The molecule has 7 rings (SSSR count). The van der Waals surface area contributed by atoms with Gasteiger partial charge in [0.1, 0.15) is 0 Å². The summed E-state index contributed by atoms with van der Waals surface area (Å²) < 4.78 is 1.69. The molecule has 0 bridgehead atoms. The van der Waals surface area contributed by atoms with Crippen molar-refractivity contribution in [2.24, 2.45) is 0 Å². The molecule has 184 valence electrons. The van der Waals surface area contributed by atoms with E-state index in [1.54, 1.807) is 4.57 Å². The first-order valence-corrected chi connectivity index (χ1v) is 12.8. The molecular weight excluding hydrogens is 479 g/mol. The molecule has 2 N–H and O–H groups in total. The maximum Gasteiger partial charge on any atom is 0.171 e. The number of hydrogen-bond acceptors (Lipinski definition) is 3. The predicted octanol–water partition coefficient (Wildman–Crippen LogP) is 6.93. The number of imidazole rings is 1. The van der Waals surface area contributed by atoms with Gasteiger partial charge in [-0.2, -0.15) is 0 Å². The minimum absolute atomic E-state index is 0.0421. The Hall–Kier alpha value is -4.71. The SMILES string of the molecule is [B]C(O)(O)c1nc2ccccc2n1-c1ccc(-c2c3ccccc3c(-c3ccccc3)c3ccccc23)cc1. The fourth-order valence-corrected chi connectivity index (χ4v) is 5.67. The molecule has 6 aromatic carbocycles. The third-order valence-corrected chi connectivity index (χ3v) is 7.30. The van der Waals surface area contributed by atoms with Crippen LogP contribution in [0.2, 0.25) is 0 Å². The number of aromatic nitrogens is 2. The molecule has 0 spiro atoms. The van der Waals surface area contributed by atoms with Gasteiger partial charge in [0, 0.05) is 5.69 Å². The summed E-state index contributed by atoms with van der Waals surface area (Å²) in [6, 6.07) is 43.1. The fourth-order valence-electron chi connectivity index (χ4n) is 5.67. The largest absolute Gasteiger partial charge is 0.368 e. The average molecular weight is 502 g/mol. The van der Waals surface area contributed by atoms with Gasteiger partial charge in [-0.1, -0.05) is 103 Å². The van der Waals surface area contributed by atoms with Crippen LogP contribution in [-0.2, 0) is 5.69 Å². The van der Waals surface area contributed by atoms with Crippen LogP contribution < -0.4 is 0 Å². The molecule has 0 atom stereocenters. The molecule has 4 nitrogen and oxygen atoms in total. The molecule has 1 heterocycles.